The summed E-state index contributed by atoms with van der Waals surface area (Å²) in [6.45, 7) is 13.7. The molecule has 0 atom stereocenters. The van der Waals surface area contributed by atoms with Gasteiger partial charge in [0, 0.05) is 39.8 Å². The molecule has 3 heteroatoms. The first-order chi connectivity index (χ1) is 10.3. The predicted octanol–water partition coefficient (Wildman–Crippen LogP) is 3.24. The van der Waals surface area contributed by atoms with E-state index in [-0.39, 0.29) is 0 Å². The van der Waals surface area contributed by atoms with Gasteiger partial charge in [-0.15, -0.1) is 13.2 Å². The Bertz CT molecular complexity index is 273. The normalized spacial score (nSPS) is 18.4. The minimum absolute atomic E-state index is 0.399. The highest BCUT2D eigenvalue weighted by atomic mass is 16.5. The Hall–Kier alpha value is -0.640. The van der Waals surface area contributed by atoms with Gasteiger partial charge in [-0.05, 0) is 18.3 Å². The van der Waals surface area contributed by atoms with Crippen molar-refractivity contribution < 1.29 is 4.74 Å². The molecule has 0 spiro atoms. The van der Waals surface area contributed by atoms with Gasteiger partial charge in [-0.1, -0.05) is 37.8 Å². The van der Waals surface area contributed by atoms with Gasteiger partial charge in [0.25, 0.3) is 0 Å². The zero-order valence-corrected chi connectivity index (χ0v) is 13.9. The summed E-state index contributed by atoms with van der Waals surface area (Å²) in [5.41, 5.74) is 0.399. The molecule has 0 heterocycles. The molecule has 1 rings (SSSR count). The summed E-state index contributed by atoms with van der Waals surface area (Å²) in [5, 5.41) is 3.61. The van der Waals surface area contributed by atoms with E-state index in [4.69, 9.17) is 4.74 Å². The molecule has 0 aromatic heterocycles. The van der Waals surface area contributed by atoms with Crippen molar-refractivity contribution >= 4 is 0 Å². The van der Waals surface area contributed by atoms with Crippen LogP contribution in [-0.2, 0) is 4.74 Å². The van der Waals surface area contributed by atoms with Gasteiger partial charge in [-0.3, -0.25) is 4.90 Å². The van der Waals surface area contributed by atoms with Gasteiger partial charge in [0.1, 0.15) is 0 Å². The van der Waals surface area contributed by atoms with Crippen LogP contribution in [0.4, 0.5) is 0 Å². The van der Waals surface area contributed by atoms with Crippen LogP contribution in [0.5, 0.6) is 0 Å². The third-order valence-corrected chi connectivity index (χ3v) is 4.48. The highest BCUT2D eigenvalue weighted by Crippen LogP contribution is 2.35. The molecule has 0 amide bonds. The van der Waals surface area contributed by atoms with Gasteiger partial charge in [0.2, 0.25) is 0 Å². The topological polar surface area (TPSA) is 24.5 Å². The lowest BCUT2D eigenvalue weighted by Gasteiger charge is -2.38. The number of nitrogens with zero attached hydrogens (tertiary/aromatic N) is 1. The molecule has 0 bridgehead atoms. The standard InChI is InChI=1S/C18H34N2O/c1-4-13-20(14-5-2)17-18(16-19-12-15-21-3)10-8-6-7-9-11-18/h4-5,19H,1-2,6-17H2,3H3. The van der Waals surface area contributed by atoms with Crippen molar-refractivity contribution in [2.75, 3.05) is 46.4 Å². The average molecular weight is 294 g/mol. The molecule has 1 aliphatic carbocycles. The molecule has 0 aliphatic heterocycles. The second-order valence-electron chi connectivity index (χ2n) is 6.36. The molecule has 0 aromatic rings. The van der Waals surface area contributed by atoms with E-state index in [9.17, 15) is 0 Å². The van der Waals surface area contributed by atoms with Crippen molar-refractivity contribution in [3.63, 3.8) is 0 Å². The molecular formula is C18H34N2O. The molecule has 0 aromatic carbocycles. The van der Waals surface area contributed by atoms with Crippen molar-refractivity contribution in [1.82, 2.24) is 10.2 Å². The molecule has 1 saturated carbocycles. The number of methoxy groups -OCH3 is 1. The van der Waals surface area contributed by atoms with Crippen molar-refractivity contribution in [2.24, 2.45) is 5.41 Å². The monoisotopic (exact) mass is 294 g/mol. The van der Waals surface area contributed by atoms with Crippen LogP contribution in [0.3, 0.4) is 0 Å². The molecule has 122 valence electrons. The second-order valence-corrected chi connectivity index (χ2v) is 6.36. The van der Waals surface area contributed by atoms with Crippen molar-refractivity contribution in [3.05, 3.63) is 25.3 Å². The first kappa shape index (κ1) is 18.4. The fourth-order valence-corrected chi connectivity index (χ4v) is 3.44. The summed E-state index contributed by atoms with van der Waals surface area (Å²) >= 11 is 0. The van der Waals surface area contributed by atoms with E-state index in [0.29, 0.717) is 5.41 Å². The van der Waals surface area contributed by atoms with Crippen molar-refractivity contribution in [3.8, 4) is 0 Å². The minimum Gasteiger partial charge on any atom is -0.383 e. The summed E-state index contributed by atoms with van der Waals surface area (Å²) in [6.07, 6.45) is 12.2. The number of ether oxygens (including phenoxy) is 1. The molecule has 21 heavy (non-hydrogen) atoms. The molecular weight excluding hydrogens is 260 g/mol. The van der Waals surface area contributed by atoms with Gasteiger partial charge in [-0.25, -0.2) is 0 Å². The van der Waals surface area contributed by atoms with Crippen LogP contribution in [0.15, 0.2) is 25.3 Å². The van der Waals surface area contributed by atoms with E-state index in [1.54, 1.807) is 7.11 Å². The molecule has 0 unspecified atom stereocenters. The zero-order valence-electron chi connectivity index (χ0n) is 13.9. The van der Waals surface area contributed by atoms with E-state index in [2.05, 4.69) is 23.4 Å². The van der Waals surface area contributed by atoms with Crippen molar-refractivity contribution in [1.29, 1.82) is 0 Å². The summed E-state index contributed by atoms with van der Waals surface area (Å²) < 4.78 is 5.15. The fourth-order valence-electron chi connectivity index (χ4n) is 3.44. The smallest absolute Gasteiger partial charge is 0.0587 e. The Balaban J connectivity index is 2.63. The van der Waals surface area contributed by atoms with Crippen LogP contribution in [0, 0.1) is 5.41 Å². The van der Waals surface area contributed by atoms with Gasteiger partial charge in [-0.2, -0.15) is 0 Å². The number of hydrogen-bond donors (Lipinski definition) is 1. The molecule has 1 aliphatic rings. The van der Waals surface area contributed by atoms with Crippen LogP contribution >= 0.6 is 0 Å². The Kier molecular flexibility index (Phi) is 9.64. The SMILES string of the molecule is C=CCN(CC=C)CC1(CNCCOC)CCCCCC1. The molecule has 1 fully saturated rings. The number of rotatable bonds is 11. The lowest BCUT2D eigenvalue weighted by Crippen LogP contribution is -2.44. The number of nitrogens with one attached hydrogen (secondary N) is 1. The maximum absolute atomic E-state index is 5.15. The summed E-state index contributed by atoms with van der Waals surface area (Å²) in [6, 6.07) is 0. The fraction of sp³-hybridized carbons (Fsp3) is 0.778. The zero-order chi connectivity index (χ0) is 15.4. The van der Waals surface area contributed by atoms with E-state index in [1.165, 1.54) is 38.5 Å². The van der Waals surface area contributed by atoms with Gasteiger partial charge < -0.3 is 10.1 Å². The summed E-state index contributed by atoms with van der Waals surface area (Å²) in [7, 11) is 1.76. The summed E-state index contributed by atoms with van der Waals surface area (Å²) in [4.78, 5) is 2.48. The first-order valence-electron chi connectivity index (χ1n) is 8.40. The van der Waals surface area contributed by atoms with Gasteiger partial charge in [0.05, 0.1) is 6.61 Å². The van der Waals surface area contributed by atoms with Gasteiger partial charge >= 0.3 is 0 Å². The predicted molar refractivity (Wildman–Crippen MR) is 91.7 cm³/mol. The van der Waals surface area contributed by atoms with E-state index in [0.717, 1.165) is 39.3 Å². The highest BCUT2D eigenvalue weighted by molar-refractivity contribution is 4.90. The first-order valence-corrected chi connectivity index (χ1v) is 8.40. The minimum atomic E-state index is 0.399. The lowest BCUT2D eigenvalue weighted by molar-refractivity contribution is 0.137. The van der Waals surface area contributed by atoms with Crippen LogP contribution in [0.1, 0.15) is 38.5 Å². The molecule has 1 N–H and O–H groups in total. The van der Waals surface area contributed by atoms with Crippen LogP contribution in [0.2, 0.25) is 0 Å². The molecule has 3 nitrogen and oxygen atoms in total. The van der Waals surface area contributed by atoms with E-state index in [1.807, 2.05) is 12.2 Å². The maximum Gasteiger partial charge on any atom is 0.0587 e. The van der Waals surface area contributed by atoms with Crippen LogP contribution < -0.4 is 5.32 Å². The largest absolute Gasteiger partial charge is 0.383 e. The third kappa shape index (κ3) is 7.25. The Morgan fingerprint density at radius 2 is 1.71 bits per heavy atom. The Morgan fingerprint density at radius 3 is 2.24 bits per heavy atom. The van der Waals surface area contributed by atoms with Gasteiger partial charge in [0.15, 0.2) is 0 Å². The quantitative estimate of drug-likeness (QED) is 0.360. The van der Waals surface area contributed by atoms with E-state index < -0.39 is 0 Å². The van der Waals surface area contributed by atoms with Crippen LogP contribution in [-0.4, -0.2) is 51.3 Å². The van der Waals surface area contributed by atoms with E-state index >= 15 is 0 Å². The second kappa shape index (κ2) is 11.0. The highest BCUT2D eigenvalue weighted by Gasteiger charge is 2.32. The van der Waals surface area contributed by atoms with Crippen LogP contribution in [0.25, 0.3) is 0 Å². The average Bonchev–Trinajstić information content (AvgIpc) is 2.70. The molecule has 0 saturated heterocycles. The Labute approximate surface area is 131 Å². The molecule has 0 radical (unpaired) electrons. The maximum atomic E-state index is 5.15. The Morgan fingerprint density at radius 1 is 1.10 bits per heavy atom. The number of hydrogen-bond acceptors (Lipinski definition) is 3. The van der Waals surface area contributed by atoms with Crippen molar-refractivity contribution in [2.45, 2.75) is 38.5 Å². The lowest BCUT2D eigenvalue weighted by atomic mass is 9.79. The summed E-state index contributed by atoms with van der Waals surface area (Å²) in [5.74, 6) is 0. The third-order valence-electron chi connectivity index (χ3n) is 4.48.